The maximum absolute atomic E-state index is 6.39. The summed E-state index contributed by atoms with van der Waals surface area (Å²) in [5, 5.41) is 0.864. The molecule has 0 aromatic heterocycles. The Morgan fingerprint density at radius 2 is 1.43 bits per heavy atom. The predicted octanol–water partition coefficient (Wildman–Crippen LogP) is 7.59. The number of halogens is 2. The van der Waals surface area contributed by atoms with E-state index in [-0.39, 0.29) is 5.41 Å². The normalized spacial score (nSPS) is 14.6. The zero-order valence-electron chi connectivity index (χ0n) is 14.0. The van der Waals surface area contributed by atoms with Crippen molar-refractivity contribution in [3.05, 3.63) is 56.1 Å². The molecule has 23 heavy (non-hydrogen) atoms. The molecule has 0 radical (unpaired) electrons. The lowest BCUT2D eigenvalue weighted by molar-refractivity contribution is 0.414. The first kappa shape index (κ1) is 17.3. The third-order valence-corrected chi connectivity index (χ3v) is 6.10. The number of hydrogen-bond donors (Lipinski definition) is 0. The van der Waals surface area contributed by atoms with E-state index in [1.165, 1.54) is 64.3 Å². The van der Waals surface area contributed by atoms with Crippen molar-refractivity contribution < 1.29 is 0 Å². The van der Waals surface area contributed by atoms with Gasteiger partial charge < -0.3 is 0 Å². The molecule has 0 saturated heterocycles. The van der Waals surface area contributed by atoms with Crippen molar-refractivity contribution in [3.63, 3.8) is 0 Å². The van der Waals surface area contributed by atoms with Gasteiger partial charge in [0.05, 0.1) is 0 Å². The van der Waals surface area contributed by atoms with E-state index in [0.29, 0.717) is 0 Å². The molecule has 0 bridgehead atoms. The standard InChI is InChI=1S/C21H24ClI/c1-3-5-11-21(12-6-4-2)19-13-15(22)7-9-17(19)18-10-8-16(23)14-20(18)21/h7-10,13-14H,3-6,11-12H2,1-2H3. The van der Waals surface area contributed by atoms with Crippen LogP contribution < -0.4 is 0 Å². The molecule has 2 aromatic carbocycles. The SMILES string of the molecule is CCCCC1(CCCC)c2cc(Cl)ccc2-c2ccc(I)cc21. The topological polar surface area (TPSA) is 0 Å². The minimum Gasteiger partial charge on any atom is -0.0843 e. The summed E-state index contributed by atoms with van der Waals surface area (Å²) in [5.41, 5.74) is 5.97. The van der Waals surface area contributed by atoms with Crippen molar-refractivity contribution in [1.29, 1.82) is 0 Å². The van der Waals surface area contributed by atoms with Gasteiger partial charge in [-0.3, -0.25) is 0 Å². The van der Waals surface area contributed by atoms with Crippen molar-refractivity contribution in [2.24, 2.45) is 0 Å². The molecule has 0 N–H and O–H groups in total. The number of benzene rings is 2. The molecule has 0 amide bonds. The van der Waals surface area contributed by atoms with Crippen LogP contribution in [-0.2, 0) is 5.41 Å². The molecule has 0 unspecified atom stereocenters. The van der Waals surface area contributed by atoms with Gasteiger partial charge in [0.2, 0.25) is 0 Å². The summed E-state index contributed by atoms with van der Waals surface area (Å²) >= 11 is 8.84. The number of hydrogen-bond acceptors (Lipinski definition) is 0. The first-order valence-corrected chi connectivity index (χ1v) is 10.2. The van der Waals surface area contributed by atoms with Crippen LogP contribution >= 0.6 is 34.2 Å². The highest BCUT2D eigenvalue weighted by molar-refractivity contribution is 14.1. The Hall–Kier alpha value is -0.540. The quantitative estimate of drug-likeness (QED) is 0.407. The van der Waals surface area contributed by atoms with E-state index in [0.717, 1.165) is 5.02 Å². The van der Waals surface area contributed by atoms with Crippen LogP contribution in [0.25, 0.3) is 11.1 Å². The zero-order chi connectivity index (χ0) is 16.4. The Morgan fingerprint density at radius 1 is 0.870 bits per heavy atom. The highest BCUT2D eigenvalue weighted by atomic mass is 127. The molecular formula is C21H24ClI. The molecule has 2 aromatic rings. The lowest BCUT2D eigenvalue weighted by Crippen LogP contribution is -2.25. The monoisotopic (exact) mass is 438 g/mol. The van der Waals surface area contributed by atoms with Crippen molar-refractivity contribution in [2.75, 3.05) is 0 Å². The fourth-order valence-electron chi connectivity index (χ4n) is 4.06. The van der Waals surface area contributed by atoms with Gasteiger partial charge in [-0.2, -0.15) is 0 Å². The van der Waals surface area contributed by atoms with E-state index >= 15 is 0 Å². The van der Waals surface area contributed by atoms with Gasteiger partial charge in [0.15, 0.2) is 0 Å². The first-order valence-electron chi connectivity index (χ1n) is 8.73. The predicted molar refractivity (Wildman–Crippen MR) is 109 cm³/mol. The highest BCUT2D eigenvalue weighted by Crippen LogP contribution is 2.54. The van der Waals surface area contributed by atoms with Crippen LogP contribution in [0, 0.1) is 3.57 Å². The van der Waals surface area contributed by atoms with E-state index in [2.05, 4.69) is 66.8 Å². The van der Waals surface area contributed by atoms with Gasteiger partial charge in [0.1, 0.15) is 0 Å². The van der Waals surface area contributed by atoms with Gasteiger partial charge in [0, 0.05) is 14.0 Å². The molecule has 1 aliphatic rings. The van der Waals surface area contributed by atoms with Crippen LogP contribution in [-0.4, -0.2) is 0 Å². The van der Waals surface area contributed by atoms with Gasteiger partial charge in [-0.1, -0.05) is 63.3 Å². The largest absolute Gasteiger partial charge is 0.0843 e. The van der Waals surface area contributed by atoms with Gasteiger partial charge in [-0.05, 0) is 82.0 Å². The maximum Gasteiger partial charge on any atom is 0.0409 e. The summed E-state index contributed by atoms with van der Waals surface area (Å²) in [6.07, 6.45) is 7.46. The number of rotatable bonds is 6. The minimum atomic E-state index is 0.156. The van der Waals surface area contributed by atoms with Gasteiger partial charge in [-0.15, -0.1) is 0 Å². The molecule has 1 aliphatic carbocycles. The molecule has 0 fully saturated rings. The minimum absolute atomic E-state index is 0.156. The molecule has 0 atom stereocenters. The molecule has 3 rings (SSSR count). The second-order valence-corrected chi connectivity index (χ2v) is 8.35. The zero-order valence-corrected chi connectivity index (χ0v) is 16.9. The van der Waals surface area contributed by atoms with E-state index in [1.807, 2.05) is 6.07 Å². The summed E-state index contributed by atoms with van der Waals surface area (Å²) < 4.78 is 1.33. The number of unbranched alkanes of at least 4 members (excludes halogenated alkanes) is 2. The van der Waals surface area contributed by atoms with Gasteiger partial charge in [-0.25, -0.2) is 0 Å². The Bertz CT molecular complexity index is 643. The molecule has 122 valence electrons. The smallest absolute Gasteiger partial charge is 0.0409 e. The highest BCUT2D eigenvalue weighted by Gasteiger charge is 2.42. The Kier molecular flexibility index (Phi) is 5.37. The van der Waals surface area contributed by atoms with Crippen LogP contribution in [0.4, 0.5) is 0 Å². The summed E-state index contributed by atoms with van der Waals surface area (Å²) in [5.74, 6) is 0. The van der Waals surface area contributed by atoms with E-state index in [1.54, 1.807) is 0 Å². The summed E-state index contributed by atoms with van der Waals surface area (Å²) in [6, 6.07) is 13.4. The van der Waals surface area contributed by atoms with Crippen LogP contribution in [0.2, 0.25) is 5.02 Å². The van der Waals surface area contributed by atoms with E-state index in [4.69, 9.17) is 11.6 Å². The summed E-state index contributed by atoms with van der Waals surface area (Å²) in [7, 11) is 0. The summed E-state index contributed by atoms with van der Waals surface area (Å²) in [6.45, 7) is 4.58. The van der Waals surface area contributed by atoms with Crippen molar-refractivity contribution >= 4 is 34.2 Å². The van der Waals surface area contributed by atoms with E-state index in [9.17, 15) is 0 Å². The fourth-order valence-corrected chi connectivity index (χ4v) is 4.72. The third kappa shape index (κ3) is 3.07. The molecule has 0 spiro atoms. The number of fused-ring (bicyclic) bond motifs is 3. The van der Waals surface area contributed by atoms with Crippen molar-refractivity contribution in [3.8, 4) is 11.1 Å². The second kappa shape index (κ2) is 7.14. The molecule has 0 heterocycles. The molecule has 0 saturated carbocycles. The Morgan fingerprint density at radius 3 is 2.04 bits per heavy atom. The molecular weight excluding hydrogens is 415 g/mol. The average molecular weight is 439 g/mol. The van der Waals surface area contributed by atoms with Gasteiger partial charge >= 0.3 is 0 Å². The maximum atomic E-state index is 6.39. The lowest BCUT2D eigenvalue weighted by atomic mass is 9.71. The average Bonchev–Trinajstić information content (AvgIpc) is 2.80. The molecule has 0 aliphatic heterocycles. The van der Waals surface area contributed by atoms with Crippen LogP contribution in [0.15, 0.2) is 36.4 Å². The van der Waals surface area contributed by atoms with Crippen LogP contribution in [0.3, 0.4) is 0 Å². The molecule has 2 heteroatoms. The van der Waals surface area contributed by atoms with E-state index < -0.39 is 0 Å². The van der Waals surface area contributed by atoms with Gasteiger partial charge in [0.25, 0.3) is 0 Å². The molecule has 0 nitrogen and oxygen atoms in total. The summed E-state index contributed by atoms with van der Waals surface area (Å²) in [4.78, 5) is 0. The van der Waals surface area contributed by atoms with Crippen LogP contribution in [0.5, 0.6) is 0 Å². The lowest BCUT2D eigenvalue weighted by Gasteiger charge is -2.32. The van der Waals surface area contributed by atoms with Crippen LogP contribution in [0.1, 0.15) is 63.5 Å². The first-order chi connectivity index (χ1) is 11.1. The Labute approximate surface area is 158 Å². The van der Waals surface area contributed by atoms with Crippen molar-refractivity contribution in [2.45, 2.75) is 57.8 Å². The Balaban J connectivity index is 2.23. The second-order valence-electron chi connectivity index (χ2n) is 6.67. The van der Waals surface area contributed by atoms with Crippen molar-refractivity contribution in [1.82, 2.24) is 0 Å². The third-order valence-electron chi connectivity index (χ3n) is 5.20. The fraction of sp³-hybridized carbons (Fsp3) is 0.429.